The minimum atomic E-state index is -0.668. The second kappa shape index (κ2) is 2.68. The predicted octanol–water partition coefficient (Wildman–Crippen LogP) is 0.254. The summed E-state index contributed by atoms with van der Waals surface area (Å²) in [7, 11) is 1.56. The highest BCUT2D eigenvalue weighted by Gasteiger charge is 2.34. The van der Waals surface area contributed by atoms with Crippen LogP contribution in [0, 0.1) is 0 Å². The molecule has 58 valence electrons. The minimum absolute atomic E-state index is 0.668. The van der Waals surface area contributed by atoms with Crippen molar-refractivity contribution in [3.63, 3.8) is 0 Å². The maximum atomic E-state index is 10.5. The number of carbonyl (C=O) groups is 1. The smallest absolute Gasteiger partial charge is 0.174 e. The Bertz CT molecular complexity index is 134. The van der Waals surface area contributed by atoms with Crippen LogP contribution in [-0.2, 0) is 9.53 Å². The van der Waals surface area contributed by atoms with Crippen molar-refractivity contribution in [2.24, 2.45) is 0 Å². The van der Waals surface area contributed by atoms with Crippen LogP contribution >= 0.6 is 0 Å². The quantitative estimate of drug-likeness (QED) is 0.530. The van der Waals surface area contributed by atoms with Crippen LogP contribution in [0.15, 0.2) is 0 Å². The van der Waals surface area contributed by atoms with E-state index in [1.165, 1.54) is 6.42 Å². The van der Waals surface area contributed by atoms with Gasteiger partial charge in [0.1, 0.15) is 0 Å². The second-order valence-corrected chi connectivity index (χ2v) is 2.72. The molecule has 1 heterocycles. The molecule has 0 bridgehead atoms. The highest BCUT2D eigenvalue weighted by molar-refractivity contribution is 5.61. The molecule has 0 spiro atoms. The lowest BCUT2D eigenvalue weighted by Crippen LogP contribution is -2.55. The van der Waals surface area contributed by atoms with E-state index in [9.17, 15) is 4.79 Å². The molecular weight excluding hydrogens is 130 g/mol. The van der Waals surface area contributed by atoms with Gasteiger partial charge in [-0.15, -0.1) is 0 Å². The Kier molecular flexibility index (Phi) is 2.06. The molecule has 0 aromatic rings. The van der Waals surface area contributed by atoms with Gasteiger partial charge < -0.3 is 4.74 Å². The molecule has 0 N–H and O–H groups in total. The van der Waals surface area contributed by atoms with Crippen molar-refractivity contribution in [2.45, 2.75) is 19.1 Å². The van der Waals surface area contributed by atoms with Crippen LogP contribution in [0.2, 0.25) is 0 Å². The Labute approximate surface area is 61.0 Å². The minimum Gasteiger partial charge on any atom is -0.357 e. The molecule has 0 aromatic heterocycles. The van der Waals surface area contributed by atoms with Crippen LogP contribution in [0.3, 0.4) is 0 Å². The monoisotopic (exact) mass is 143 g/mol. The number of carbonyl (C=O) groups excluding carboxylic acids is 1. The van der Waals surface area contributed by atoms with Crippen molar-refractivity contribution in [1.82, 2.24) is 4.90 Å². The summed E-state index contributed by atoms with van der Waals surface area (Å²) in [6.07, 6.45) is 2.03. The Morgan fingerprint density at radius 1 is 1.60 bits per heavy atom. The molecular formula is C7H13NO2. The van der Waals surface area contributed by atoms with E-state index in [2.05, 4.69) is 0 Å². The Hall–Kier alpha value is -0.410. The fraction of sp³-hybridized carbons (Fsp3) is 0.857. The molecule has 1 aliphatic heterocycles. The van der Waals surface area contributed by atoms with Crippen LogP contribution in [0.4, 0.5) is 0 Å². The zero-order valence-corrected chi connectivity index (χ0v) is 6.46. The molecule has 1 aliphatic rings. The van der Waals surface area contributed by atoms with Crippen LogP contribution < -0.4 is 0 Å². The molecule has 1 atom stereocenters. The van der Waals surface area contributed by atoms with E-state index in [1.54, 1.807) is 14.0 Å². The zero-order valence-electron chi connectivity index (χ0n) is 6.46. The van der Waals surface area contributed by atoms with Gasteiger partial charge in [-0.3, -0.25) is 9.69 Å². The lowest BCUT2D eigenvalue weighted by molar-refractivity contribution is -0.161. The molecule has 1 unspecified atom stereocenters. The van der Waals surface area contributed by atoms with E-state index in [4.69, 9.17) is 4.74 Å². The van der Waals surface area contributed by atoms with E-state index in [0.717, 1.165) is 19.4 Å². The van der Waals surface area contributed by atoms with Gasteiger partial charge in [-0.2, -0.15) is 0 Å². The number of aldehydes is 1. The zero-order chi connectivity index (χ0) is 7.61. The Morgan fingerprint density at radius 2 is 2.20 bits per heavy atom. The van der Waals surface area contributed by atoms with Crippen molar-refractivity contribution >= 4 is 6.29 Å². The number of methoxy groups -OCH3 is 1. The molecule has 10 heavy (non-hydrogen) atoms. The number of hydrogen-bond donors (Lipinski definition) is 0. The number of likely N-dealkylation sites (tertiary alicyclic amines) is 1. The Morgan fingerprint density at radius 3 is 2.30 bits per heavy atom. The van der Waals surface area contributed by atoms with Gasteiger partial charge >= 0.3 is 0 Å². The maximum Gasteiger partial charge on any atom is 0.174 e. The number of ether oxygens (including phenoxy) is 1. The highest BCUT2D eigenvalue weighted by Crippen LogP contribution is 2.19. The normalized spacial score (nSPS) is 25.0. The third-order valence-corrected chi connectivity index (χ3v) is 2.12. The van der Waals surface area contributed by atoms with Crippen molar-refractivity contribution in [3.8, 4) is 0 Å². The topological polar surface area (TPSA) is 29.5 Å². The van der Waals surface area contributed by atoms with Crippen LogP contribution in [0.1, 0.15) is 13.3 Å². The lowest BCUT2D eigenvalue weighted by atomic mass is 10.1. The summed E-state index contributed by atoms with van der Waals surface area (Å²) in [6.45, 7) is 3.74. The molecule has 1 saturated heterocycles. The van der Waals surface area contributed by atoms with Gasteiger partial charge in [0.15, 0.2) is 12.0 Å². The van der Waals surface area contributed by atoms with E-state index < -0.39 is 5.72 Å². The van der Waals surface area contributed by atoms with Gasteiger partial charge in [0.2, 0.25) is 0 Å². The molecule has 0 amide bonds. The van der Waals surface area contributed by atoms with Gasteiger partial charge in [-0.05, 0) is 13.3 Å². The molecule has 1 rings (SSSR count). The molecule has 0 saturated carbocycles. The van der Waals surface area contributed by atoms with E-state index >= 15 is 0 Å². The van der Waals surface area contributed by atoms with Gasteiger partial charge in [-0.25, -0.2) is 0 Å². The third kappa shape index (κ3) is 1.07. The summed E-state index contributed by atoms with van der Waals surface area (Å²) in [5, 5.41) is 0. The molecule has 0 radical (unpaired) electrons. The van der Waals surface area contributed by atoms with Gasteiger partial charge in [0, 0.05) is 20.2 Å². The molecule has 1 fully saturated rings. The maximum absolute atomic E-state index is 10.5. The van der Waals surface area contributed by atoms with Crippen molar-refractivity contribution in [1.29, 1.82) is 0 Å². The summed E-state index contributed by atoms with van der Waals surface area (Å²) in [5.74, 6) is 0. The lowest BCUT2D eigenvalue weighted by Gasteiger charge is -2.41. The van der Waals surface area contributed by atoms with Crippen LogP contribution in [-0.4, -0.2) is 37.1 Å². The fourth-order valence-electron chi connectivity index (χ4n) is 1.01. The highest BCUT2D eigenvalue weighted by atomic mass is 16.5. The van der Waals surface area contributed by atoms with Gasteiger partial charge in [0.05, 0.1) is 0 Å². The van der Waals surface area contributed by atoms with Crippen LogP contribution in [0.25, 0.3) is 0 Å². The molecule has 0 aliphatic carbocycles. The van der Waals surface area contributed by atoms with E-state index in [1.807, 2.05) is 4.90 Å². The average Bonchev–Trinajstić information content (AvgIpc) is 1.84. The summed E-state index contributed by atoms with van der Waals surface area (Å²) >= 11 is 0. The van der Waals surface area contributed by atoms with Gasteiger partial charge in [0.25, 0.3) is 0 Å². The molecule has 0 aromatic carbocycles. The van der Waals surface area contributed by atoms with Crippen LogP contribution in [0.5, 0.6) is 0 Å². The van der Waals surface area contributed by atoms with E-state index in [0.29, 0.717) is 0 Å². The summed E-state index contributed by atoms with van der Waals surface area (Å²) in [4.78, 5) is 12.5. The SMILES string of the molecule is COC(C)(C=O)N1CCC1. The average molecular weight is 143 g/mol. The largest absolute Gasteiger partial charge is 0.357 e. The summed E-state index contributed by atoms with van der Waals surface area (Å²) < 4.78 is 5.05. The predicted molar refractivity (Wildman–Crippen MR) is 37.7 cm³/mol. The first-order chi connectivity index (χ1) is 4.73. The molecule has 3 heteroatoms. The third-order valence-electron chi connectivity index (χ3n) is 2.12. The van der Waals surface area contributed by atoms with Gasteiger partial charge in [-0.1, -0.05) is 0 Å². The number of rotatable bonds is 3. The van der Waals surface area contributed by atoms with Crippen molar-refractivity contribution < 1.29 is 9.53 Å². The van der Waals surface area contributed by atoms with E-state index in [-0.39, 0.29) is 0 Å². The van der Waals surface area contributed by atoms with Crippen molar-refractivity contribution in [2.75, 3.05) is 20.2 Å². The number of nitrogens with zero attached hydrogens (tertiary/aromatic N) is 1. The van der Waals surface area contributed by atoms with Crippen molar-refractivity contribution in [3.05, 3.63) is 0 Å². The first kappa shape index (κ1) is 7.69. The summed E-state index contributed by atoms with van der Waals surface area (Å²) in [5.41, 5.74) is -0.668. The first-order valence-corrected chi connectivity index (χ1v) is 3.49. The molecule has 3 nitrogen and oxygen atoms in total. The number of hydrogen-bond acceptors (Lipinski definition) is 3. The standard InChI is InChI=1S/C7H13NO2/c1-7(6-9,10-2)8-4-3-5-8/h6H,3-5H2,1-2H3. The summed E-state index contributed by atoms with van der Waals surface area (Å²) in [6, 6.07) is 0. The fourth-order valence-corrected chi connectivity index (χ4v) is 1.01. The second-order valence-electron chi connectivity index (χ2n) is 2.72. The first-order valence-electron chi connectivity index (χ1n) is 3.49. The Balaban J connectivity index is 2.52.